The van der Waals surface area contributed by atoms with Gasteiger partial charge in [-0.1, -0.05) is 0 Å². The number of rotatable bonds is 8. The second-order valence-electron chi connectivity index (χ2n) is 3.57. The van der Waals surface area contributed by atoms with Crippen LogP contribution in [0.2, 0.25) is 0 Å². The molecule has 0 aliphatic carbocycles. The summed E-state index contributed by atoms with van der Waals surface area (Å²) < 4.78 is 106. The van der Waals surface area contributed by atoms with E-state index in [4.69, 9.17) is 0 Å². The van der Waals surface area contributed by atoms with Gasteiger partial charge in [0.25, 0.3) is 0 Å². The van der Waals surface area contributed by atoms with Crippen molar-refractivity contribution >= 4 is 10.1 Å². The monoisotopic (exact) mass is 308 g/mol. The van der Waals surface area contributed by atoms with Crippen LogP contribution in [-0.4, -0.2) is 56.3 Å². The van der Waals surface area contributed by atoms with Crippen LogP contribution in [0, 0.1) is 0 Å². The third-order valence-electron chi connectivity index (χ3n) is 2.05. The molecule has 5 unspecified atom stereocenters. The third-order valence-corrected chi connectivity index (χ3v) is 2.77. The van der Waals surface area contributed by atoms with Gasteiger partial charge in [-0.3, -0.25) is 4.39 Å². The molecule has 3 nitrogen and oxygen atoms in total. The second kappa shape index (κ2) is 9.10. The Kier molecular flexibility index (Phi) is 10.2. The molecule has 11 heteroatoms. The van der Waals surface area contributed by atoms with Gasteiger partial charge in [-0.25, -0.2) is 30.4 Å². The average Bonchev–Trinajstić information content (AvgIpc) is 2.24. The van der Waals surface area contributed by atoms with Crippen LogP contribution in [0.25, 0.3) is 0 Å². The first-order valence-electron chi connectivity index (χ1n) is 4.80. The Morgan fingerprint density at radius 3 is 1.68 bits per heavy atom. The smallest absolute Gasteiger partial charge is 0.748 e. The van der Waals surface area contributed by atoms with Gasteiger partial charge in [-0.05, 0) is 0 Å². The molecule has 0 aliphatic rings. The summed E-state index contributed by atoms with van der Waals surface area (Å²) in [5, 5.41) is 0. The van der Waals surface area contributed by atoms with Gasteiger partial charge in [0, 0.05) is 6.42 Å². The Bertz CT molecular complexity index is 343. The van der Waals surface area contributed by atoms with E-state index in [1.54, 1.807) is 0 Å². The van der Waals surface area contributed by atoms with Gasteiger partial charge in [-0.2, -0.15) is 0 Å². The predicted molar refractivity (Wildman–Crippen MR) is 49.6 cm³/mol. The van der Waals surface area contributed by atoms with Gasteiger partial charge in [0.15, 0.2) is 18.5 Å². The molecular formula is C8H11F6LiO3S. The molecule has 0 saturated carbocycles. The summed E-state index contributed by atoms with van der Waals surface area (Å²) in [6.07, 6.45) is -16.6. The zero-order valence-electron chi connectivity index (χ0n) is 9.91. The summed E-state index contributed by atoms with van der Waals surface area (Å²) in [6.45, 7) is -1.32. The van der Waals surface area contributed by atoms with E-state index in [0.29, 0.717) is 0 Å². The van der Waals surface area contributed by atoms with E-state index in [-0.39, 0.29) is 18.9 Å². The molecule has 0 saturated heterocycles. The van der Waals surface area contributed by atoms with Crippen molar-refractivity contribution in [3.8, 4) is 0 Å². The van der Waals surface area contributed by atoms with Crippen molar-refractivity contribution in [2.24, 2.45) is 0 Å². The molecular weight excluding hydrogens is 297 g/mol. The molecule has 0 rings (SSSR count). The van der Waals surface area contributed by atoms with Gasteiger partial charge in [0.1, 0.15) is 12.3 Å². The molecule has 19 heavy (non-hydrogen) atoms. The van der Waals surface area contributed by atoms with Crippen LogP contribution in [0.3, 0.4) is 0 Å². The Morgan fingerprint density at radius 1 is 0.895 bits per heavy atom. The van der Waals surface area contributed by atoms with Crippen LogP contribution in [0.15, 0.2) is 0 Å². The summed E-state index contributed by atoms with van der Waals surface area (Å²) in [4.78, 5) is 0. The zero-order chi connectivity index (χ0) is 14.5. The van der Waals surface area contributed by atoms with Crippen LogP contribution in [0.4, 0.5) is 26.3 Å². The SMILES string of the molecule is O=S(=O)([O-])CC(F)C(F)C(F)C(F)C(F)CCF.[Li+]. The molecule has 0 heterocycles. The fraction of sp³-hybridized carbons (Fsp3) is 1.00. The van der Waals surface area contributed by atoms with Gasteiger partial charge in [0.05, 0.1) is 22.5 Å². The molecule has 0 aromatic carbocycles. The predicted octanol–water partition coefficient (Wildman–Crippen LogP) is -1.41. The third kappa shape index (κ3) is 8.07. The summed E-state index contributed by atoms with van der Waals surface area (Å²) in [5.41, 5.74) is 0. The van der Waals surface area contributed by atoms with Crippen LogP contribution >= 0.6 is 0 Å². The molecule has 0 bridgehead atoms. The number of halogens is 6. The fourth-order valence-electron chi connectivity index (χ4n) is 1.12. The second-order valence-corrected chi connectivity index (χ2v) is 5.02. The average molecular weight is 308 g/mol. The van der Waals surface area contributed by atoms with E-state index < -0.39 is 59.8 Å². The van der Waals surface area contributed by atoms with E-state index in [2.05, 4.69) is 0 Å². The van der Waals surface area contributed by atoms with Gasteiger partial charge >= 0.3 is 18.9 Å². The van der Waals surface area contributed by atoms with Gasteiger partial charge < -0.3 is 4.55 Å². The van der Waals surface area contributed by atoms with Crippen LogP contribution in [0.1, 0.15) is 6.42 Å². The maximum Gasteiger partial charge on any atom is 1.00 e. The Hall–Kier alpha value is 0.0874. The van der Waals surface area contributed by atoms with Crippen LogP contribution in [0.5, 0.6) is 0 Å². The molecule has 0 amide bonds. The van der Waals surface area contributed by atoms with Gasteiger partial charge in [0.2, 0.25) is 0 Å². The molecule has 0 aromatic heterocycles. The maximum absolute atomic E-state index is 12.9. The van der Waals surface area contributed by atoms with Crippen LogP contribution < -0.4 is 18.9 Å². The molecule has 0 fully saturated rings. The number of hydrogen-bond acceptors (Lipinski definition) is 3. The molecule has 0 aromatic rings. The molecule has 0 N–H and O–H groups in total. The zero-order valence-corrected chi connectivity index (χ0v) is 10.7. The van der Waals surface area contributed by atoms with Crippen molar-refractivity contribution in [1.82, 2.24) is 0 Å². The van der Waals surface area contributed by atoms with E-state index in [0.717, 1.165) is 0 Å². The normalized spacial score (nSPS) is 19.9. The minimum Gasteiger partial charge on any atom is -0.748 e. The molecule has 5 atom stereocenters. The summed E-state index contributed by atoms with van der Waals surface area (Å²) in [5.74, 6) is -1.89. The van der Waals surface area contributed by atoms with Crippen molar-refractivity contribution < 1.29 is 58.2 Å². The standard InChI is InChI=1S/C8H12F6O3S.Li/c9-2-1-4(10)6(12)8(14)7(13)5(11)3-18(15,16)17;/h4-8H,1-3H2,(H,15,16,17);/q;+1/p-1. The van der Waals surface area contributed by atoms with Crippen molar-refractivity contribution in [3.05, 3.63) is 0 Å². The topological polar surface area (TPSA) is 57.2 Å². The minimum absolute atomic E-state index is 0. The molecule has 0 aliphatic heterocycles. The van der Waals surface area contributed by atoms with Crippen molar-refractivity contribution in [1.29, 1.82) is 0 Å². The molecule has 110 valence electrons. The Balaban J connectivity index is 0. The number of alkyl halides is 6. The van der Waals surface area contributed by atoms with E-state index in [1.807, 2.05) is 0 Å². The first kappa shape index (κ1) is 21.4. The van der Waals surface area contributed by atoms with E-state index in [9.17, 15) is 39.3 Å². The molecule has 0 radical (unpaired) electrons. The van der Waals surface area contributed by atoms with Crippen molar-refractivity contribution in [3.63, 3.8) is 0 Å². The summed E-state index contributed by atoms with van der Waals surface area (Å²) in [6, 6.07) is 0. The quantitative estimate of drug-likeness (QED) is 0.314. The summed E-state index contributed by atoms with van der Waals surface area (Å²) in [7, 11) is -5.17. The molecule has 0 spiro atoms. The Morgan fingerprint density at radius 2 is 1.32 bits per heavy atom. The van der Waals surface area contributed by atoms with E-state index in [1.165, 1.54) is 0 Å². The van der Waals surface area contributed by atoms with E-state index >= 15 is 0 Å². The summed E-state index contributed by atoms with van der Waals surface area (Å²) >= 11 is 0. The van der Waals surface area contributed by atoms with Crippen molar-refractivity contribution in [2.75, 3.05) is 12.4 Å². The van der Waals surface area contributed by atoms with Crippen LogP contribution in [-0.2, 0) is 10.1 Å². The first-order valence-corrected chi connectivity index (χ1v) is 6.37. The largest absolute Gasteiger partial charge is 1.00 e. The minimum atomic E-state index is -5.17. The fourth-order valence-corrected chi connectivity index (χ4v) is 1.70. The Labute approximate surface area is 118 Å². The maximum atomic E-state index is 12.9. The number of hydrogen-bond donors (Lipinski definition) is 0. The van der Waals surface area contributed by atoms with Gasteiger partial charge in [-0.15, -0.1) is 0 Å². The first-order chi connectivity index (χ1) is 8.10. The van der Waals surface area contributed by atoms with Crippen molar-refractivity contribution in [2.45, 2.75) is 37.3 Å².